The van der Waals surface area contributed by atoms with Crippen molar-refractivity contribution in [2.75, 3.05) is 11.4 Å². The van der Waals surface area contributed by atoms with Crippen LogP contribution in [0.4, 0.5) is 10.1 Å². The lowest BCUT2D eigenvalue weighted by molar-refractivity contribution is 0.621. The summed E-state index contributed by atoms with van der Waals surface area (Å²) in [5.41, 5.74) is 7.65. The van der Waals surface area contributed by atoms with Crippen LogP contribution in [0.15, 0.2) is 51.9 Å². The highest BCUT2D eigenvalue weighted by atomic mass is 79.9. The fourth-order valence-corrected chi connectivity index (χ4v) is 3.08. The van der Waals surface area contributed by atoms with Crippen LogP contribution in [0.3, 0.4) is 0 Å². The number of hydrogen-bond donors (Lipinski definition) is 1. The van der Waals surface area contributed by atoms with E-state index in [1.54, 1.807) is 6.07 Å². The Balaban J connectivity index is 2.02. The monoisotopic (exact) mass is 367 g/mol. The van der Waals surface area contributed by atoms with Gasteiger partial charge in [-0.15, -0.1) is 0 Å². The molecule has 1 heterocycles. The minimum atomic E-state index is -0.364. The fraction of sp³-hybridized carbons (Fsp3) is 0.133. The first-order chi connectivity index (χ1) is 10.0. The molecule has 2 aromatic rings. The molecule has 0 saturated heterocycles. The summed E-state index contributed by atoms with van der Waals surface area (Å²) in [6.07, 6.45) is 0. The molecule has 0 radical (unpaired) electrons. The van der Waals surface area contributed by atoms with Crippen molar-refractivity contribution in [3.05, 3.63) is 63.3 Å². The third-order valence-corrected chi connectivity index (χ3v) is 4.05. The van der Waals surface area contributed by atoms with E-state index >= 15 is 0 Å². The molecule has 1 atom stereocenters. The van der Waals surface area contributed by atoms with Crippen LogP contribution in [0.1, 0.15) is 11.6 Å². The Labute approximate surface area is 135 Å². The van der Waals surface area contributed by atoms with Gasteiger partial charge in [0.25, 0.3) is 0 Å². The second-order valence-electron chi connectivity index (χ2n) is 4.77. The number of nitrogens with zero attached hydrogens (tertiary/aromatic N) is 2. The Morgan fingerprint density at radius 3 is 2.81 bits per heavy atom. The lowest BCUT2D eigenvalue weighted by Gasteiger charge is -2.27. The first-order valence-corrected chi connectivity index (χ1v) is 7.52. The lowest BCUT2D eigenvalue weighted by atomic mass is 10.1. The molecule has 0 spiro atoms. The van der Waals surface area contributed by atoms with Crippen molar-refractivity contribution in [1.29, 1.82) is 0 Å². The fourth-order valence-electron chi connectivity index (χ4n) is 2.46. The van der Waals surface area contributed by atoms with Crippen LogP contribution in [-0.2, 0) is 0 Å². The molecular formula is C15H12BrClFN3. The molecule has 6 heteroatoms. The highest BCUT2D eigenvalue weighted by Crippen LogP contribution is 2.33. The number of aliphatic imine (C=N–C) groups is 1. The smallest absolute Gasteiger partial charge is 0.196 e. The van der Waals surface area contributed by atoms with E-state index in [1.807, 2.05) is 29.2 Å². The van der Waals surface area contributed by atoms with Gasteiger partial charge in [0.2, 0.25) is 0 Å². The molecule has 0 aliphatic carbocycles. The SMILES string of the molecule is NC1=NCC(c2cc(F)cc(Cl)c2)N1c1cccc(Br)c1. The summed E-state index contributed by atoms with van der Waals surface area (Å²) in [5.74, 6) is 0.0515. The van der Waals surface area contributed by atoms with Gasteiger partial charge < -0.3 is 10.6 Å². The van der Waals surface area contributed by atoms with Gasteiger partial charge in [0.15, 0.2) is 5.96 Å². The molecule has 1 aliphatic heterocycles. The third-order valence-electron chi connectivity index (χ3n) is 3.34. The number of benzene rings is 2. The van der Waals surface area contributed by atoms with Crippen molar-refractivity contribution in [2.24, 2.45) is 10.7 Å². The van der Waals surface area contributed by atoms with Crippen LogP contribution in [0.5, 0.6) is 0 Å². The maximum absolute atomic E-state index is 13.6. The summed E-state index contributed by atoms with van der Waals surface area (Å²) in [6, 6.07) is 12.1. The van der Waals surface area contributed by atoms with E-state index in [0.29, 0.717) is 17.5 Å². The number of guanidine groups is 1. The van der Waals surface area contributed by atoms with Crippen molar-refractivity contribution in [1.82, 2.24) is 0 Å². The van der Waals surface area contributed by atoms with Crippen LogP contribution in [0.2, 0.25) is 5.02 Å². The van der Waals surface area contributed by atoms with E-state index < -0.39 is 0 Å². The maximum Gasteiger partial charge on any atom is 0.196 e. The second-order valence-corrected chi connectivity index (χ2v) is 6.12. The molecule has 0 fully saturated rings. The van der Waals surface area contributed by atoms with Gasteiger partial charge in [-0.2, -0.15) is 0 Å². The van der Waals surface area contributed by atoms with E-state index in [2.05, 4.69) is 20.9 Å². The number of anilines is 1. The lowest BCUT2D eigenvalue weighted by Crippen LogP contribution is -2.36. The quantitative estimate of drug-likeness (QED) is 0.866. The standard InChI is InChI=1S/C15H12BrClFN3/c16-10-2-1-3-13(6-10)21-14(8-20-15(21)19)9-4-11(17)7-12(18)5-9/h1-7,14H,8H2,(H2,19,20). The first-order valence-electron chi connectivity index (χ1n) is 6.35. The predicted molar refractivity (Wildman–Crippen MR) is 87.3 cm³/mol. The van der Waals surface area contributed by atoms with Gasteiger partial charge in [-0.25, -0.2) is 4.39 Å². The highest BCUT2D eigenvalue weighted by molar-refractivity contribution is 9.10. The molecule has 0 aromatic heterocycles. The molecule has 0 bridgehead atoms. The molecule has 1 aliphatic rings. The van der Waals surface area contributed by atoms with Crippen LogP contribution >= 0.6 is 27.5 Å². The largest absolute Gasteiger partial charge is 0.369 e. The maximum atomic E-state index is 13.6. The number of hydrogen-bond acceptors (Lipinski definition) is 3. The minimum Gasteiger partial charge on any atom is -0.369 e. The summed E-state index contributed by atoms with van der Waals surface area (Å²) in [4.78, 5) is 6.17. The van der Waals surface area contributed by atoms with Crippen molar-refractivity contribution in [3.63, 3.8) is 0 Å². The summed E-state index contributed by atoms with van der Waals surface area (Å²) >= 11 is 9.39. The van der Waals surface area contributed by atoms with Crippen LogP contribution in [-0.4, -0.2) is 12.5 Å². The van der Waals surface area contributed by atoms with Gasteiger partial charge >= 0.3 is 0 Å². The Bertz CT molecular complexity index is 700. The van der Waals surface area contributed by atoms with Gasteiger partial charge in [-0.1, -0.05) is 33.6 Å². The summed E-state index contributed by atoms with van der Waals surface area (Å²) in [7, 11) is 0. The zero-order chi connectivity index (χ0) is 15.0. The van der Waals surface area contributed by atoms with Crippen LogP contribution in [0, 0.1) is 5.82 Å². The minimum absolute atomic E-state index is 0.160. The van der Waals surface area contributed by atoms with Gasteiger partial charge in [-0.05, 0) is 42.0 Å². The Morgan fingerprint density at radius 1 is 1.29 bits per heavy atom. The van der Waals surface area contributed by atoms with Crippen molar-refractivity contribution < 1.29 is 4.39 Å². The number of halogens is 3. The van der Waals surface area contributed by atoms with Gasteiger partial charge in [0.1, 0.15) is 5.82 Å². The zero-order valence-electron chi connectivity index (χ0n) is 10.9. The van der Waals surface area contributed by atoms with Crippen molar-refractivity contribution in [3.8, 4) is 0 Å². The average molecular weight is 369 g/mol. The average Bonchev–Trinajstić information content (AvgIpc) is 2.79. The number of rotatable bonds is 2. The first kappa shape index (κ1) is 14.4. The van der Waals surface area contributed by atoms with E-state index in [4.69, 9.17) is 17.3 Å². The molecule has 3 nitrogen and oxygen atoms in total. The van der Waals surface area contributed by atoms with Crippen LogP contribution < -0.4 is 10.6 Å². The van der Waals surface area contributed by atoms with Gasteiger partial charge in [0, 0.05) is 15.2 Å². The highest BCUT2D eigenvalue weighted by Gasteiger charge is 2.29. The van der Waals surface area contributed by atoms with E-state index in [0.717, 1.165) is 15.7 Å². The van der Waals surface area contributed by atoms with Crippen molar-refractivity contribution in [2.45, 2.75) is 6.04 Å². The van der Waals surface area contributed by atoms with E-state index in [1.165, 1.54) is 12.1 Å². The third kappa shape index (κ3) is 2.89. The molecule has 0 saturated carbocycles. The summed E-state index contributed by atoms with van der Waals surface area (Å²) in [6.45, 7) is 0.470. The molecule has 2 aromatic carbocycles. The zero-order valence-corrected chi connectivity index (χ0v) is 13.3. The van der Waals surface area contributed by atoms with E-state index in [-0.39, 0.29) is 11.9 Å². The Kier molecular flexibility index (Phi) is 3.87. The topological polar surface area (TPSA) is 41.6 Å². The second kappa shape index (κ2) is 5.66. The predicted octanol–water partition coefficient (Wildman–Crippen LogP) is 4.12. The molecule has 0 amide bonds. The van der Waals surface area contributed by atoms with Gasteiger partial charge in [-0.3, -0.25) is 4.99 Å². The van der Waals surface area contributed by atoms with Gasteiger partial charge in [0.05, 0.1) is 12.6 Å². The molecule has 108 valence electrons. The van der Waals surface area contributed by atoms with Crippen molar-refractivity contribution >= 4 is 39.2 Å². The van der Waals surface area contributed by atoms with E-state index in [9.17, 15) is 4.39 Å². The summed E-state index contributed by atoms with van der Waals surface area (Å²) < 4.78 is 14.5. The van der Waals surface area contributed by atoms with Crippen LogP contribution in [0.25, 0.3) is 0 Å². The Morgan fingerprint density at radius 2 is 2.10 bits per heavy atom. The molecular weight excluding hydrogens is 357 g/mol. The molecule has 3 rings (SSSR count). The summed E-state index contributed by atoms with van der Waals surface area (Å²) in [5, 5.41) is 0.365. The molecule has 2 N–H and O–H groups in total. The number of nitrogens with two attached hydrogens (primary N) is 1. The molecule has 1 unspecified atom stereocenters. The Hall–Kier alpha value is -1.59. The normalized spacial score (nSPS) is 18.0. The molecule has 21 heavy (non-hydrogen) atoms.